The lowest BCUT2D eigenvalue weighted by Crippen LogP contribution is -2.42. The van der Waals surface area contributed by atoms with Crippen molar-refractivity contribution in [3.63, 3.8) is 0 Å². The summed E-state index contributed by atoms with van der Waals surface area (Å²) >= 11 is 0. The minimum Gasteiger partial charge on any atom is -0.507 e. The van der Waals surface area contributed by atoms with Crippen molar-refractivity contribution in [1.29, 1.82) is 0 Å². The summed E-state index contributed by atoms with van der Waals surface area (Å²) < 4.78 is 16.2. The van der Waals surface area contributed by atoms with Crippen LogP contribution >= 0.6 is 0 Å². The maximum Gasteiger partial charge on any atom is 0.342 e. The van der Waals surface area contributed by atoms with Gasteiger partial charge < -0.3 is 24.6 Å². The van der Waals surface area contributed by atoms with Crippen molar-refractivity contribution in [2.24, 2.45) is 0 Å². The van der Waals surface area contributed by atoms with Crippen LogP contribution in [0.4, 0.5) is 0 Å². The minimum atomic E-state index is -0.757. The lowest BCUT2D eigenvalue weighted by Gasteiger charge is -2.26. The summed E-state index contributed by atoms with van der Waals surface area (Å²) in [4.78, 5) is 23.8. The first-order chi connectivity index (χ1) is 12.5. The molecule has 2 N–H and O–H groups in total. The number of aromatic hydroxyl groups is 1. The summed E-state index contributed by atoms with van der Waals surface area (Å²) in [6.07, 6.45) is -0.328. The predicted octanol–water partition coefficient (Wildman–Crippen LogP) is 1.81. The van der Waals surface area contributed by atoms with Crippen LogP contribution in [-0.2, 0) is 9.53 Å². The first-order valence-corrected chi connectivity index (χ1v) is 8.15. The third-order valence-electron chi connectivity index (χ3n) is 3.89. The number of carbonyl (C=O) groups is 2. The molecule has 2 aromatic rings. The van der Waals surface area contributed by atoms with Crippen LogP contribution in [0.15, 0.2) is 42.5 Å². The molecule has 0 saturated carbocycles. The zero-order chi connectivity index (χ0) is 18.5. The number of rotatable bonds is 5. The van der Waals surface area contributed by atoms with Gasteiger partial charge in [0, 0.05) is 0 Å². The standard InChI is InChI=1S/C19H19NO6/c1-12-5-4-6-14(18(12)22)19(23)25-11-17(21)20-9-13-10-24-15-7-2-3-8-16(15)26-13/h2-8,13,22H,9-11H2,1H3,(H,20,21). The number of amides is 1. The number of phenols is 1. The number of esters is 1. The van der Waals surface area contributed by atoms with Crippen LogP contribution in [0.3, 0.4) is 0 Å². The van der Waals surface area contributed by atoms with Crippen LogP contribution < -0.4 is 14.8 Å². The Labute approximate surface area is 150 Å². The second-order valence-electron chi connectivity index (χ2n) is 5.85. The fourth-order valence-electron chi connectivity index (χ4n) is 2.47. The van der Waals surface area contributed by atoms with Crippen LogP contribution in [0.1, 0.15) is 15.9 Å². The van der Waals surface area contributed by atoms with Crippen LogP contribution in [-0.4, -0.2) is 42.8 Å². The van der Waals surface area contributed by atoms with Crippen LogP contribution in [0.5, 0.6) is 17.2 Å². The normalized spacial score (nSPS) is 15.2. The third kappa shape index (κ3) is 4.05. The van der Waals surface area contributed by atoms with Crippen molar-refractivity contribution in [3.05, 3.63) is 53.6 Å². The van der Waals surface area contributed by atoms with E-state index in [1.54, 1.807) is 25.1 Å². The van der Waals surface area contributed by atoms with Gasteiger partial charge in [-0.05, 0) is 30.7 Å². The quantitative estimate of drug-likeness (QED) is 0.793. The molecule has 136 valence electrons. The van der Waals surface area contributed by atoms with E-state index in [1.807, 2.05) is 18.2 Å². The Morgan fingerprint density at radius 3 is 2.77 bits per heavy atom. The zero-order valence-electron chi connectivity index (χ0n) is 14.2. The van der Waals surface area contributed by atoms with Gasteiger partial charge in [0.05, 0.1) is 6.54 Å². The molecule has 1 atom stereocenters. The van der Waals surface area contributed by atoms with Gasteiger partial charge in [-0.2, -0.15) is 0 Å². The van der Waals surface area contributed by atoms with E-state index in [9.17, 15) is 14.7 Å². The van der Waals surface area contributed by atoms with Gasteiger partial charge in [-0.1, -0.05) is 24.3 Å². The number of hydrogen-bond acceptors (Lipinski definition) is 6. The van der Waals surface area contributed by atoms with Crippen LogP contribution in [0, 0.1) is 6.92 Å². The summed E-state index contributed by atoms with van der Waals surface area (Å²) in [5.74, 6) is -0.0777. The van der Waals surface area contributed by atoms with Crippen molar-refractivity contribution in [1.82, 2.24) is 5.32 Å². The molecule has 0 aromatic heterocycles. The maximum absolute atomic E-state index is 12.0. The van der Waals surface area contributed by atoms with Gasteiger partial charge in [-0.15, -0.1) is 0 Å². The second kappa shape index (κ2) is 7.77. The fraction of sp³-hybridized carbons (Fsp3) is 0.263. The molecule has 1 aliphatic rings. The molecule has 1 aliphatic heterocycles. The number of fused-ring (bicyclic) bond motifs is 1. The molecule has 0 spiro atoms. The largest absolute Gasteiger partial charge is 0.507 e. The van der Waals surface area contributed by atoms with Gasteiger partial charge in [-0.25, -0.2) is 4.79 Å². The van der Waals surface area contributed by atoms with E-state index in [0.29, 0.717) is 23.7 Å². The first kappa shape index (κ1) is 17.6. The SMILES string of the molecule is Cc1cccc(C(=O)OCC(=O)NCC2COc3ccccc3O2)c1O. The molecule has 2 aromatic carbocycles. The Morgan fingerprint density at radius 2 is 1.96 bits per heavy atom. The Kier molecular flexibility index (Phi) is 5.26. The van der Waals surface area contributed by atoms with Crippen molar-refractivity contribution in [2.75, 3.05) is 19.8 Å². The number of nitrogens with one attached hydrogen (secondary N) is 1. The second-order valence-corrected chi connectivity index (χ2v) is 5.85. The number of ether oxygens (including phenoxy) is 3. The molecule has 7 nitrogen and oxygen atoms in total. The predicted molar refractivity (Wildman–Crippen MR) is 92.5 cm³/mol. The van der Waals surface area contributed by atoms with E-state index in [1.165, 1.54) is 6.07 Å². The van der Waals surface area contributed by atoms with Gasteiger partial charge in [0.2, 0.25) is 0 Å². The minimum absolute atomic E-state index is 0.0263. The Morgan fingerprint density at radius 1 is 1.19 bits per heavy atom. The van der Waals surface area contributed by atoms with E-state index < -0.39 is 18.5 Å². The summed E-state index contributed by atoms with van der Waals surface area (Å²) in [5.41, 5.74) is 0.581. The molecule has 1 heterocycles. The third-order valence-corrected chi connectivity index (χ3v) is 3.89. The molecule has 1 amide bonds. The van der Waals surface area contributed by atoms with E-state index >= 15 is 0 Å². The highest BCUT2D eigenvalue weighted by Crippen LogP contribution is 2.30. The molecule has 7 heteroatoms. The van der Waals surface area contributed by atoms with Crippen molar-refractivity contribution in [3.8, 4) is 17.2 Å². The Bertz CT molecular complexity index is 819. The fourth-order valence-corrected chi connectivity index (χ4v) is 2.47. The molecule has 3 rings (SSSR count). The van der Waals surface area contributed by atoms with Crippen molar-refractivity contribution >= 4 is 11.9 Å². The summed E-state index contributed by atoms with van der Waals surface area (Å²) in [6, 6.07) is 12.0. The lowest BCUT2D eigenvalue weighted by molar-refractivity contribution is -0.124. The monoisotopic (exact) mass is 357 g/mol. The lowest BCUT2D eigenvalue weighted by atomic mass is 10.1. The van der Waals surface area contributed by atoms with E-state index in [4.69, 9.17) is 14.2 Å². The van der Waals surface area contributed by atoms with Gasteiger partial charge in [0.25, 0.3) is 5.91 Å². The molecule has 0 radical (unpaired) electrons. The highest BCUT2D eigenvalue weighted by Gasteiger charge is 2.21. The van der Waals surface area contributed by atoms with E-state index in [-0.39, 0.29) is 24.0 Å². The first-order valence-electron chi connectivity index (χ1n) is 8.15. The number of aryl methyl sites for hydroxylation is 1. The topological polar surface area (TPSA) is 94.1 Å². The number of benzene rings is 2. The average molecular weight is 357 g/mol. The van der Waals surface area contributed by atoms with Gasteiger partial charge in [0.15, 0.2) is 18.1 Å². The van der Waals surface area contributed by atoms with E-state index in [0.717, 1.165) is 0 Å². The highest BCUT2D eigenvalue weighted by atomic mass is 16.6. The van der Waals surface area contributed by atoms with Gasteiger partial charge in [-0.3, -0.25) is 4.79 Å². The highest BCUT2D eigenvalue weighted by molar-refractivity contribution is 5.94. The number of hydrogen-bond donors (Lipinski definition) is 2. The average Bonchev–Trinajstić information content (AvgIpc) is 2.66. The molecular formula is C19H19NO6. The molecule has 0 bridgehead atoms. The van der Waals surface area contributed by atoms with Crippen LogP contribution in [0.2, 0.25) is 0 Å². The smallest absolute Gasteiger partial charge is 0.342 e. The molecule has 0 saturated heterocycles. The Hall–Kier alpha value is -3.22. The van der Waals surface area contributed by atoms with Gasteiger partial charge in [0.1, 0.15) is 24.0 Å². The summed E-state index contributed by atoms with van der Waals surface area (Å²) in [7, 11) is 0. The molecule has 26 heavy (non-hydrogen) atoms. The summed E-state index contributed by atoms with van der Waals surface area (Å²) in [5, 5.41) is 12.5. The zero-order valence-corrected chi connectivity index (χ0v) is 14.2. The number of carbonyl (C=O) groups excluding carboxylic acids is 2. The number of para-hydroxylation sites is 3. The summed E-state index contributed by atoms with van der Waals surface area (Å²) in [6.45, 7) is 1.76. The molecule has 0 fully saturated rings. The van der Waals surface area contributed by atoms with Crippen molar-refractivity contribution < 1.29 is 28.9 Å². The van der Waals surface area contributed by atoms with Gasteiger partial charge >= 0.3 is 5.97 Å². The van der Waals surface area contributed by atoms with Crippen LogP contribution in [0.25, 0.3) is 0 Å². The number of phenolic OH excluding ortho intramolecular Hbond substituents is 1. The molecular weight excluding hydrogens is 338 g/mol. The maximum atomic E-state index is 12.0. The Balaban J connectivity index is 1.45. The molecule has 0 aliphatic carbocycles. The van der Waals surface area contributed by atoms with Crippen molar-refractivity contribution in [2.45, 2.75) is 13.0 Å². The molecule has 1 unspecified atom stereocenters. The van der Waals surface area contributed by atoms with E-state index in [2.05, 4.69) is 5.32 Å².